The van der Waals surface area contributed by atoms with E-state index in [1.807, 2.05) is 6.07 Å². The van der Waals surface area contributed by atoms with Crippen molar-refractivity contribution in [3.8, 4) is 0 Å². The Labute approximate surface area is 168 Å². The van der Waals surface area contributed by atoms with E-state index in [-0.39, 0.29) is 18.0 Å². The monoisotopic (exact) mass is 379 g/mol. The second kappa shape index (κ2) is 8.50. The minimum atomic E-state index is 0.0234. The second-order valence-corrected chi connectivity index (χ2v) is 8.67. The number of hydrogen-bond donors (Lipinski definition) is 1. The van der Waals surface area contributed by atoms with Gasteiger partial charge in [-0.05, 0) is 63.9 Å². The highest BCUT2D eigenvalue weighted by Crippen LogP contribution is 2.30. The van der Waals surface area contributed by atoms with Crippen LogP contribution in [0.25, 0.3) is 0 Å². The van der Waals surface area contributed by atoms with E-state index in [4.69, 9.17) is 5.10 Å². The van der Waals surface area contributed by atoms with Crippen molar-refractivity contribution in [2.75, 3.05) is 0 Å². The zero-order valence-corrected chi connectivity index (χ0v) is 17.3. The van der Waals surface area contributed by atoms with Crippen molar-refractivity contribution in [2.24, 2.45) is 5.92 Å². The van der Waals surface area contributed by atoms with E-state index in [1.165, 1.54) is 55.3 Å². The first-order valence-electron chi connectivity index (χ1n) is 11.1. The van der Waals surface area contributed by atoms with Gasteiger partial charge in [0.05, 0.1) is 6.04 Å². The Bertz CT molecular complexity index is 805. The van der Waals surface area contributed by atoms with Gasteiger partial charge in [0.25, 0.3) is 5.91 Å². The number of nitrogens with zero attached hydrogens (tertiary/aromatic N) is 2. The van der Waals surface area contributed by atoms with E-state index >= 15 is 0 Å². The van der Waals surface area contributed by atoms with Crippen molar-refractivity contribution >= 4 is 5.91 Å². The summed E-state index contributed by atoms with van der Waals surface area (Å²) in [7, 11) is 0. The normalized spacial score (nSPS) is 19.6. The number of amides is 1. The Morgan fingerprint density at radius 1 is 1.04 bits per heavy atom. The molecule has 1 N–H and O–H groups in total. The van der Waals surface area contributed by atoms with Crippen molar-refractivity contribution in [3.63, 3.8) is 0 Å². The Morgan fingerprint density at radius 2 is 1.75 bits per heavy atom. The molecule has 2 aliphatic rings. The lowest BCUT2D eigenvalue weighted by Crippen LogP contribution is -2.39. The van der Waals surface area contributed by atoms with Gasteiger partial charge in [0.2, 0.25) is 0 Å². The van der Waals surface area contributed by atoms with Gasteiger partial charge in [-0.1, -0.05) is 49.6 Å². The summed E-state index contributed by atoms with van der Waals surface area (Å²) in [6, 6.07) is 10.8. The lowest BCUT2D eigenvalue weighted by atomic mass is 9.84. The SMILES string of the molecule is CC(c1ccccc1)n1nc(C(=O)N[C@@H](C)C2CCCCC2)c2c1CCCC2. The molecule has 1 heterocycles. The lowest BCUT2D eigenvalue weighted by molar-refractivity contribution is 0.0912. The molecular weight excluding hydrogens is 346 g/mol. The van der Waals surface area contributed by atoms with Crippen molar-refractivity contribution in [1.82, 2.24) is 15.1 Å². The van der Waals surface area contributed by atoms with Gasteiger partial charge in [0.1, 0.15) is 0 Å². The molecule has 2 aliphatic carbocycles. The van der Waals surface area contributed by atoms with Gasteiger partial charge < -0.3 is 5.32 Å². The third-order valence-electron chi connectivity index (χ3n) is 6.79. The molecule has 1 aromatic carbocycles. The summed E-state index contributed by atoms with van der Waals surface area (Å²) in [5.41, 5.74) is 4.35. The zero-order chi connectivity index (χ0) is 19.5. The molecule has 1 aromatic heterocycles. The fraction of sp³-hybridized carbons (Fsp3) is 0.583. The summed E-state index contributed by atoms with van der Waals surface area (Å²) in [6.45, 7) is 4.35. The molecule has 2 atom stereocenters. The van der Waals surface area contributed by atoms with E-state index < -0.39 is 0 Å². The molecule has 1 amide bonds. The smallest absolute Gasteiger partial charge is 0.272 e. The maximum atomic E-state index is 13.2. The highest BCUT2D eigenvalue weighted by molar-refractivity contribution is 5.94. The summed E-state index contributed by atoms with van der Waals surface area (Å²) in [4.78, 5) is 13.2. The van der Waals surface area contributed by atoms with Gasteiger partial charge in [0.15, 0.2) is 5.69 Å². The van der Waals surface area contributed by atoms with Crippen LogP contribution in [0.5, 0.6) is 0 Å². The summed E-state index contributed by atoms with van der Waals surface area (Å²) < 4.78 is 2.12. The molecule has 4 nitrogen and oxygen atoms in total. The van der Waals surface area contributed by atoms with Crippen molar-refractivity contribution < 1.29 is 4.79 Å². The molecule has 4 heteroatoms. The molecule has 2 aromatic rings. The molecule has 0 radical (unpaired) electrons. The second-order valence-electron chi connectivity index (χ2n) is 8.67. The maximum Gasteiger partial charge on any atom is 0.272 e. The van der Waals surface area contributed by atoms with Crippen molar-refractivity contribution in [2.45, 2.75) is 83.7 Å². The number of carbonyl (C=O) groups excluding carboxylic acids is 1. The van der Waals surface area contributed by atoms with Crippen LogP contribution in [0.4, 0.5) is 0 Å². The van der Waals surface area contributed by atoms with Gasteiger partial charge in [-0.2, -0.15) is 5.10 Å². The minimum absolute atomic E-state index is 0.0234. The number of rotatable bonds is 5. The quantitative estimate of drug-likeness (QED) is 0.788. The number of fused-ring (bicyclic) bond motifs is 1. The maximum absolute atomic E-state index is 13.2. The molecule has 0 saturated heterocycles. The summed E-state index contributed by atoms with van der Waals surface area (Å²) in [5.74, 6) is 0.633. The lowest BCUT2D eigenvalue weighted by Gasteiger charge is -2.28. The molecule has 0 aliphatic heterocycles. The van der Waals surface area contributed by atoms with E-state index in [0.29, 0.717) is 11.6 Å². The standard InChI is InChI=1S/C24H33N3O/c1-17(19-11-5-3-6-12-19)25-24(28)23-21-15-9-10-16-22(21)27(26-23)18(2)20-13-7-4-8-14-20/h4,7-8,13-14,17-19H,3,5-6,9-12,15-16H2,1-2H3,(H,25,28)/t17-,18?/m0/s1. The van der Waals surface area contributed by atoms with Gasteiger partial charge in [0, 0.05) is 17.3 Å². The number of benzene rings is 1. The largest absolute Gasteiger partial charge is 0.348 e. The van der Waals surface area contributed by atoms with Gasteiger partial charge in [-0.3, -0.25) is 9.48 Å². The van der Waals surface area contributed by atoms with Crippen LogP contribution in [-0.4, -0.2) is 21.7 Å². The Hall–Kier alpha value is -2.10. The van der Waals surface area contributed by atoms with Crippen LogP contribution >= 0.6 is 0 Å². The van der Waals surface area contributed by atoms with Gasteiger partial charge in [-0.15, -0.1) is 0 Å². The van der Waals surface area contributed by atoms with Crippen molar-refractivity contribution in [3.05, 3.63) is 52.8 Å². The highest BCUT2D eigenvalue weighted by atomic mass is 16.2. The molecule has 1 saturated carbocycles. The first kappa shape index (κ1) is 19.2. The first-order chi connectivity index (χ1) is 13.6. The fourth-order valence-corrected chi connectivity index (χ4v) is 5.03. The number of nitrogens with one attached hydrogen (secondary N) is 1. The minimum Gasteiger partial charge on any atom is -0.348 e. The van der Waals surface area contributed by atoms with Crippen LogP contribution in [0.3, 0.4) is 0 Å². The molecule has 28 heavy (non-hydrogen) atoms. The van der Waals surface area contributed by atoms with Crippen molar-refractivity contribution in [1.29, 1.82) is 0 Å². The third-order valence-corrected chi connectivity index (χ3v) is 6.79. The van der Waals surface area contributed by atoms with Crippen LogP contribution < -0.4 is 5.32 Å². The van der Waals surface area contributed by atoms with E-state index in [2.05, 4.69) is 48.1 Å². The Morgan fingerprint density at radius 3 is 2.50 bits per heavy atom. The molecule has 0 spiro atoms. The number of carbonyl (C=O) groups is 1. The number of hydrogen-bond acceptors (Lipinski definition) is 2. The highest BCUT2D eigenvalue weighted by Gasteiger charge is 2.29. The molecule has 1 fully saturated rings. The summed E-state index contributed by atoms with van der Waals surface area (Å²) in [5, 5.41) is 8.16. The molecule has 1 unspecified atom stereocenters. The van der Waals surface area contributed by atoms with Gasteiger partial charge in [-0.25, -0.2) is 0 Å². The van der Waals surface area contributed by atoms with Crippen LogP contribution in [-0.2, 0) is 12.8 Å². The molecule has 150 valence electrons. The first-order valence-corrected chi connectivity index (χ1v) is 11.1. The van der Waals surface area contributed by atoms with Gasteiger partial charge >= 0.3 is 0 Å². The zero-order valence-electron chi connectivity index (χ0n) is 17.3. The van der Waals surface area contributed by atoms with Crippen LogP contribution in [0.15, 0.2) is 30.3 Å². The summed E-state index contributed by atoms with van der Waals surface area (Å²) >= 11 is 0. The van der Waals surface area contributed by atoms with E-state index in [0.717, 1.165) is 19.3 Å². The Balaban J connectivity index is 1.58. The molecular formula is C24H33N3O. The van der Waals surface area contributed by atoms with E-state index in [1.54, 1.807) is 0 Å². The third kappa shape index (κ3) is 3.87. The molecule has 0 bridgehead atoms. The molecule has 4 rings (SSSR count). The number of aromatic nitrogens is 2. The topological polar surface area (TPSA) is 46.9 Å². The van der Waals surface area contributed by atoms with E-state index in [9.17, 15) is 4.79 Å². The van der Waals surface area contributed by atoms with Crippen LogP contribution in [0.2, 0.25) is 0 Å². The summed E-state index contributed by atoms with van der Waals surface area (Å²) in [6.07, 6.45) is 10.7. The fourth-order valence-electron chi connectivity index (χ4n) is 5.03. The Kier molecular flexibility index (Phi) is 5.84. The average molecular weight is 380 g/mol. The predicted molar refractivity (Wildman–Crippen MR) is 113 cm³/mol. The van der Waals surface area contributed by atoms with Crippen LogP contribution in [0.1, 0.15) is 92.1 Å². The average Bonchev–Trinajstić information content (AvgIpc) is 3.14. The predicted octanol–water partition coefficient (Wildman–Crippen LogP) is 5.07. The van der Waals surface area contributed by atoms with Crippen LogP contribution in [0, 0.1) is 5.92 Å².